The highest BCUT2D eigenvalue weighted by Crippen LogP contribution is 2.22. The molecule has 0 radical (unpaired) electrons. The molecule has 0 bridgehead atoms. The number of nitrogens with zero attached hydrogens (tertiary/aromatic N) is 3. The zero-order chi connectivity index (χ0) is 17.2. The number of piperidine rings is 1. The Morgan fingerprint density at radius 1 is 1.21 bits per heavy atom. The van der Waals surface area contributed by atoms with Gasteiger partial charge in [0.2, 0.25) is 0 Å². The molecular formula is C19H31N3O2. The van der Waals surface area contributed by atoms with Crippen molar-refractivity contribution in [3.63, 3.8) is 0 Å². The number of likely N-dealkylation sites (tertiary alicyclic amines) is 1. The fourth-order valence-electron chi connectivity index (χ4n) is 3.68. The lowest BCUT2D eigenvalue weighted by Gasteiger charge is -2.33. The first kappa shape index (κ1) is 17.6. The van der Waals surface area contributed by atoms with Crippen LogP contribution in [-0.2, 0) is 16.7 Å². The van der Waals surface area contributed by atoms with Crippen LogP contribution in [-0.4, -0.2) is 46.8 Å². The summed E-state index contributed by atoms with van der Waals surface area (Å²) in [6.07, 6.45) is 6.91. The van der Waals surface area contributed by atoms with Crippen LogP contribution in [0, 0.1) is 5.92 Å². The Hall–Kier alpha value is -1.20. The van der Waals surface area contributed by atoms with Crippen molar-refractivity contribution in [2.24, 2.45) is 5.92 Å². The number of rotatable bonds is 4. The fourth-order valence-corrected chi connectivity index (χ4v) is 3.68. The van der Waals surface area contributed by atoms with Crippen LogP contribution in [0.15, 0.2) is 17.2 Å². The summed E-state index contributed by atoms with van der Waals surface area (Å²) in [7, 11) is 0. The SMILES string of the molecule is CC(C)(C)c1cc(=O)n(CC2CCN(CC3CCCO3)CC2)cn1. The highest BCUT2D eigenvalue weighted by atomic mass is 16.5. The second kappa shape index (κ2) is 7.36. The Morgan fingerprint density at radius 3 is 2.54 bits per heavy atom. The van der Waals surface area contributed by atoms with Crippen molar-refractivity contribution in [1.29, 1.82) is 0 Å². The normalized spacial score (nSPS) is 23.7. The lowest BCUT2D eigenvalue weighted by atomic mass is 9.92. The maximum Gasteiger partial charge on any atom is 0.253 e. The van der Waals surface area contributed by atoms with Gasteiger partial charge in [0.25, 0.3) is 5.56 Å². The van der Waals surface area contributed by atoms with Crippen LogP contribution < -0.4 is 5.56 Å². The Balaban J connectivity index is 1.51. The van der Waals surface area contributed by atoms with Gasteiger partial charge in [0.15, 0.2) is 0 Å². The average Bonchev–Trinajstić information content (AvgIpc) is 3.03. The predicted molar refractivity (Wildman–Crippen MR) is 95.3 cm³/mol. The van der Waals surface area contributed by atoms with Crippen LogP contribution in [0.1, 0.15) is 52.1 Å². The number of ether oxygens (including phenoxy) is 1. The van der Waals surface area contributed by atoms with Crippen LogP contribution in [0.5, 0.6) is 0 Å². The van der Waals surface area contributed by atoms with E-state index in [9.17, 15) is 4.79 Å². The van der Waals surface area contributed by atoms with Crippen molar-refractivity contribution in [1.82, 2.24) is 14.5 Å². The van der Waals surface area contributed by atoms with Crippen molar-refractivity contribution in [2.45, 2.75) is 64.5 Å². The van der Waals surface area contributed by atoms with Crippen LogP contribution in [0.25, 0.3) is 0 Å². The van der Waals surface area contributed by atoms with Crippen molar-refractivity contribution in [2.75, 3.05) is 26.2 Å². The summed E-state index contributed by atoms with van der Waals surface area (Å²) >= 11 is 0. The maximum atomic E-state index is 12.4. The molecule has 0 amide bonds. The second-order valence-electron chi connectivity index (χ2n) is 8.39. The molecule has 2 fully saturated rings. The van der Waals surface area contributed by atoms with E-state index in [1.807, 2.05) is 0 Å². The van der Waals surface area contributed by atoms with Crippen LogP contribution in [0.3, 0.4) is 0 Å². The van der Waals surface area contributed by atoms with Gasteiger partial charge in [-0.1, -0.05) is 20.8 Å². The molecular weight excluding hydrogens is 302 g/mol. The fraction of sp³-hybridized carbons (Fsp3) is 0.789. The van der Waals surface area contributed by atoms with E-state index in [1.165, 1.54) is 12.8 Å². The molecule has 0 N–H and O–H groups in total. The van der Waals surface area contributed by atoms with Gasteiger partial charge < -0.3 is 9.64 Å². The minimum Gasteiger partial charge on any atom is -0.377 e. The summed E-state index contributed by atoms with van der Waals surface area (Å²) in [5, 5.41) is 0. The first-order valence-corrected chi connectivity index (χ1v) is 9.33. The summed E-state index contributed by atoms with van der Waals surface area (Å²) in [5.74, 6) is 0.575. The molecule has 5 nitrogen and oxygen atoms in total. The van der Waals surface area contributed by atoms with Crippen molar-refractivity contribution in [3.05, 3.63) is 28.4 Å². The van der Waals surface area contributed by atoms with E-state index in [0.29, 0.717) is 12.0 Å². The van der Waals surface area contributed by atoms with E-state index in [1.54, 1.807) is 17.0 Å². The minimum atomic E-state index is -0.0775. The lowest BCUT2D eigenvalue weighted by Crippen LogP contribution is -2.40. The van der Waals surface area contributed by atoms with E-state index in [4.69, 9.17) is 4.74 Å². The summed E-state index contributed by atoms with van der Waals surface area (Å²) in [4.78, 5) is 19.4. The number of hydrogen-bond donors (Lipinski definition) is 0. The van der Waals surface area contributed by atoms with Crippen molar-refractivity contribution >= 4 is 0 Å². The zero-order valence-corrected chi connectivity index (χ0v) is 15.3. The lowest BCUT2D eigenvalue weighted by molar-refractivity contribution is 0.0583. The molecule has 5 heteroatoms. The molecule has 1 unspecified atom stereocenters. The third-order valence-electron chi connectivity index (χ3n) is 5.30. The first-order valence-electron chi connectivity index (χ1n) is 9.33. The molecule has 1 aromatic rings. The molecule has 0 aliphatic carbocycles. The largest absolute Gasteiger partial charge is 0.377 e. The zero-order valence-electron chi connectivity index (χ0n) is 15.3. The van der Waals surface area contributed by atoms with Gasteiger partial charge in [-0.25, -0.2) is 4.98 Å². The molecule has 2 aliphatic rings. The molecule has 1 atom stereocenters. The number of aromatic nitrogens is 2. The summed E-state index contributed by atoms with van der Waals surface area (Å²) in [5.41, 5.74) is 0.873. The van der Waals surface area contributed by atoms with E-state index >= 15 is 0 Å². The quantitative estimate of drug-likeness (QED) is 0.849. The van der Waals surface area contributed by atoms with Gasteiger partial charge in [0.05, 0.1) is 18.1 Å². The Kier molecular flexibility index (Phi) is 5.40. The molecule has 134 valence electrons. The van der Waals surface area contributed by atoms with E-state index in [0.717, 1.165) is 51.3 Å². The summed E-state index contributed by atoms with van der Waals surface area (Å²) in [6.45, 7) is 11.3. The van der Waals surface area contributed by atoms with Gasteiger partial charge in [-0.15, -0.1) is 0 Å². The van der Waals surface area contributed by atoms with E-state index in [-0.39, 0.29) is 11.0 Å². The number of hydrogen-bond acceptors (Lipinski definition) is 4. The van der Waals surface area contributed by atoms with Gasteiger partial charge in [0, 0.05) is 31.2 Å². The highest BCUT2D eigenvalue weighted by molar-refractivity contribution is 5.10. The maximum absolute atomic E-state index is 12.4. The van der Waals surface area contributed by atoms with Crippen LogP contribution in [0.4, 0.5) is 0 Å². The smallest absolute Gasteiger partial charge is 0.253 e. The van der Waals surface area contributed by atoms with Gasteiger partial charge >= 0.3 is 0 Å². The third-order valence-corrected chi connectivity index (χ3v) is 5.30. The molecule has 0 spiro atoms. The topological polar surface area (TPSA) is 47.4 Å². The Bertz CT molecular complexity index is 591. The van der Waals surface area contributed by atoms with Crippen LogP contribution in [0.2, 0.25) is 0 Å². The standard InChI is InChI=1S/C19H31N3O2/c1-19(2,3)17-11-18(23)22(14-20-17)12-15-6-8-21(9-7-15)13-16-5-4-10-24-16/h11,14-16H,4-10,12-13H2,1-3H3. The van der Waals surface area contributed by atoms with Gasteiger partial charge in [-0.2, -0.15) is 0 Å². The van der Waals surface area contributed by atoms with Crippen molar-refractivity contribution in [3.8, 4) is 0 Å². The van der Waals surface area contributed by atoms with Gasteiger partial charge in [0.1, 0.15) is 0 Å². The molecule has 3 heterocycles. The van der Waals surface area contributed by atoms with Gasteiger partial charge in [-0.3, -0.25) is 9.36 Å². The molecule has 2 aliphatic heterocycles. The summed E-state index contributed by atoms with van der Waals surface area (Å²) < 4.78 is 7.52. The van der Waals surface area contributed by atoms with E-state index < -0.39 is 0 Å². The monoisotopic (exact) mass is 333 g/mol. The molecule has 0 saturated carbocycles. The summed E-state index contributed by atoms with van der Waals surface area (Å²) in [6, 6.07) is 1.70. The third kappa shape index (κ3) is 4.45. The molecule has 1 aromatic heterocycles. The molecule has 2 saturated heterocycles. The van der Waals surface area contributed by atoms with Crippen LogP contribution >= 0.6 is 0 Å². The molecule has 0 aromatic carbocycles. The molecule has 24 heavy (non-hydrogen) atoms. The van der Waals surface area contributed by atoms with E-state index in [2.05, 4.69) is 30.7 Å². The Morgan fingerprint density at radius 2 is 1.96 bits per heavy atom. The Labute approximate surface area is 145 Å². The van der Waals surface area contributed by atoms with Gasteiger partial charge in [-0.05, 0) is 44.7 Å². The average molecular weight is 333 g/mol. The molecule has 3 rings (SSSR count). The first-order chi connectivity index (χ1) is 11.4. The highest BCUT2D eigenvalue weighted by Gasteiger charge is 2.24. The minimum absolute atomic E-state index is 0.0775. The van der Waals surface area contributed by atoms with Crippen molar-refractivity contribution < 1.29 is 4.74 Å². The predicted octanol–water partition coefficient (Wildman–Crippen LogP) is 2.43. The second-order valence-corrected chi connectivity index (χ2v) is 8.39.